The molecule has 0 saturated carbocycles. The highest BCUT2D eigenvalue weighted by Gasteiger charge is 2.17. The van der Waals surface area contributed by atoms with Gasteiger partial charge in [-0.3, -0.25) is 0 Å². The van der Waals surface area contributed by atoms with E-state index in [0.717, 1.165) is 0 Å². The zero-order valence-electron chi connectivity index (χ0n) is 12.5. The topological polar surface area (TPSA) is 128 Å². The summed E-state index contributed by atoms with van der Waals surface area (Å²) >= 11 is 0. The lowest BCUT2D eigenvalue weighted by Gasteiger charge is -2.11. The first-order chi connectivity index (χ1) is 10.4. The molecule has 0 radical (unpaired) electrons. The third-order valence-corrected chi connectivity index (χ3v) is 2.76. The van der Waals surface area contributed by atoms with Gasteiger partial charge in [0.1, 0.15) is 23.7 Å². The Morgan fingerprint density at radius 3 is 2.73 bits per heavy atom. The van der Waals surface area contributed by atoms with Crippen molar-refractivity contribution in [3.8, 4) is 0 Å². The number of aliphatic hydroxyl groups is 1. The summed E-state index contributed by atoms with van der Waals surface area (Å²) < 4.78 is 10.3. The van der Waals surface area contributed by atoms with Gasteiger partial charge < -0.3 is 24.9 Å². The number of furan rings is 1. The van der Waals surface area contributed by atoms with Crippen LogP contribution in [0.1, 0.15) is 27.7 Å². The second-order valence-electron chi connectivity index (χ2n) is 4.72. The first-order valence-corrected chi connectivity index (χ1v) is 6.45. The highest BCUT2D eigenvalue weighted by atomic mass is 16.5. The van der Waals surface area contributed by atoms with Crippen molar-refractivity contribution in [1.29, 1.82) is 0 Å². The van der Waals surface area contributed by atoms with Crippen LogP contribution in [-0.4, -0.2) is 40.1 Å². The van der Waals surface area contributed by atoms with Crippen molar-refractivity contribution in [2.75, 3.05) is 24.7 Å². The summed E-state index contributed by atoms with van der Waals surface area (Å²) in [4.78, 5) is 25.6. The molecule has 0 saturated heterocycles. The molecule has 2 heterocycles. The van der Waals surface area contributed by atoms with Crippen molar-refractivity contribution in [3.63, 3.8) is 0 Å². The van der Waals surface area contributed by atoms with E-state index in [0.29, 0.717) is 17.5 Å². The summed E-state index contributed by atoms with van der Waals surface area (Å²) in [6.45, 7) is 1.18. The van der Waals surface area contributed by atoms with Crippen LogP contribution in [0.15, 0.2) is 10.5 Å². The van der Waals surface area contributed by atoms with Gasteiger partial charge in [0.05, 0.1) is 0 Å². The summed E-state index contributed by atoms with van der Waals surface area (Å²) in [6, 6.07) is 1.44. The average molecular weight is 307 g/mol. The molecule has 0 atom stereocenters. The van der Waals surface area contributed by atoms with Gasteiger partial charge in [-0.1, -0.05) is 0 Å². The largest absolute Gasteiger partial charge is 0.463 e. The highest BCUT2D eigenvalue weighted by Crippen LogP contribution is 2.16. The Balaban J connectivity index is 2.09. The van der Waals surface area contributed by atoms with Crippen LogP contribution in [0.25, 0.3) is 0 Å². The zero-order valence-corrected chi connectivity index (χ0v) is 12.5. The molecule has 2 rings (SSSR count). The molecule has 9 nitrogen and oxygen atoms in total. The second kappa shape index (κ2) is 6.39. The van der Waals surface area contributed by atoms with Gasteiger partial charge in [-0.05, 0) is 13.0 Å². The molecular formula is C13H17N5O4. The summed E-state index contributed by atoms with van der Waals surface area (Å²) in [7, 11) is 3.52. The normalized spacial score (nSPS) is 10.5. The van der Waals surface area contributed by atoms with Crippen LogP contribution in [0.5, 0.6) is 0 Å². The summed E-state index contributed by atoms with van der Waals surface area (Å²) in [5, 5.41) is 8.99. The minimum Gasteiger partial charge on any atom is -0.463 e. The number of nitrogens with zero attached hydrogens (tertiary/aromatic N) is 4. The monoisotopic (exact) mass is 307 g/mol. The average Bonchev–Trinajstić information content (AvgIpc) is 2.85. The van der Waals surface area contributed by atoms with E-state index in [4.69, 9.17) is 20.0 Å². The molecule has 0 bridgehead atoms. The number of anilines is 2. The lowest BCUT2D eigenvalue weighted by Crippen LogP contribution is -2.17. The summed E-state index contributed by atoms with van der Waals surface area (Å²) in [5.41, 5.74) is 5.84. The van der Waals surface area contributed by atoms with Gasteiger partial charge in [-0.15, -0.1) is 0 Å². The van der Waals surface area contributed by atoms with E-state index in [1.165, 1.54) is 6.07 Å². The number of nitrogens with two attached hydrogens (primary N) is 1. The van der Waals surface area contributed by atoms with Gasteiger partial charge in [0.2, 0.25) is 11.9 Å². The predicted octanol–water partition coefficient (Wildman–Crippen LogP) is 0.271. The van der Waals surface area contributed by atoms with E-state index in [1.807, 2.05) is 0 Å². The number of rotatable bonds is 5. The quantitative estimate of drug-likeness (QED) is 0.748. The first-order valence-electron chi connectivity index (χ1n) is 6.45. The van der Waals surface area contributed by atoms with Crippen molar-refractivity contribution >= 4 is 17.9 Å². The molecule has 9 heteroatoms. The molecule has 3 N–H and O–H groups in total. The predicted molar refractivity (Wildman–Crippen MR) is 77.1 cm³/mol. The lowest BCUT2D eigenvalue weighted by molar-refractivity contribution is 0.0460. The maximum atomic E-state index is 12.0. The molecule has 0 fully saturated rings. The molecule has 0 aliphatic heterocycles. The van der Waals surface area contributed by atoms with Crippen molar-refractivity contribution in [2.24, 2.45) is 0 Å². The lowest BCUT2D eigenvalue weighted by atomic mass is 10.2. The van der Waals surface area contributed by atoms with Crippen LogP contribution in [0, 0.1) is 6.92 Å². The van der Waals surface area contributed by atoms with Gasteiger partial charge in [-0.25, -0.2) is 4.79 Å². The van der Waals surface area contributed by atoms with Gasteiger partial charge in [0, 0.05) is 14.1 Å². The Kier molecular flexibility index (Phi) is 4.56. The second-order valence-corrected chi connectivity index (χ2v) is 4.72. The number of hydrogen-bond acceptors (Lipinski definition) is 9. The van der Waals surface area contributed by atoms with Crippen LogP contribution in [0.4, 0.5) is 11.9 Å². The van der Waals surface area contributed by atoms with E-state index in [2.05, 4.69) is 15.0 Å². The molecular weight excluding hydrogens is 290 g/mol. The van der Waals surface area contributed by atoms with Crippen molar-refractivity contribution in [1.82, 2.24) is 15.0 Å². The number of aryl methyl sites for hydroxylation is 1. The minimum atomic E-state index is -0.591. The number of esters is 1. The van der Waals surface area contributed by atoms with E-state index in [-0.39, 0.29) is 30.5 Å². The van der Waals surface area contributed by atoms with Gasteiger partial charge in [0.15, 0.2) is 12.4 Å². The zero-order chi connectivity index (χ0) is 16.3. The Morgan fingerprint density at radius 2 is 2.14 bits per heavy atom. The Morgan fingerprint density at radius 1 is 1.41 bits per heavy atom. The molecule has 2 aromatic rings. The van der Waals surface area contributed by atoms with Crippen LogP contribution < -0.4 is 10.6 Å². The number of nitrogen functional groups attached to an aromatic ring is 1. The first kappa shape index (κ1) is 15.7. The van der Waals surface area contributed by atoms with Crippen LogP contribution in [-0.2, 0) is 18.0 Å². The van der Waals surface area contributed by atoms with Crippen LogP contribution >= 0.6 is 0 Å². The van der Waals surface area contributed by atoms with E-state index >= 15 is 0 Å². The Bertz CT molecular complexity index is 683. The van der Waals surface area contributed by atoms with E-state index < -0.39 is 5.97 Å². The third-order valence-electron chi connectivity index (χ3n) is 2.76. The molecule has 0 aliphatic carbocycles. The summed E-state index contributed by atoms with van der Waals surface area (Å²) in [6.07, 6.45) is 0. The van der Waals surface area contributed by atoms with Crippen molar-refractivity contribution < 1.29 is 19.1 Å². The van der Waals surface area contributed by atoms with Gasteiger partial charge in [0.25, 0.3) is 0 Å². The van der Waals surface area contributed by atoms with Crippen molar-refractivity contribution in [2.45, 2.75) is 20.1 Å². The fourth-order valence-electron chi connectivity index (χ4n) is 1.72. The summed E-state index contributed by atoms with van der Waals surface area (Å²) in [5.74, 6) is 0.744. The third kappa shape index (κ3) is 3.50. The number of carbonyl (C=O) groups is 1. The molecule has 0 aliphatic rings. The molecule has 0 spiro atoms. The molecule has 22 heavy (non-hydrogen) atoms. The fraction of sp³-hybridized carbons (Fsp3) is 0.385. The fourth-order valence-corrected chi connectivity index (χ4v) is 1.72. The maximum Gasteiger partial charge on any atom is 0.342 e. The number of ether oxygens (including phenoxy) is 1. The number of aliphatic hydroxyl groups excluding tert-OH is 1. The maximum absolute atomic E-state index is 12.0. The number of aromatic nitrogens is 3. The molecule has 0 amide bonds. The minimum absolute atomic E-state index is 0.0480. The Hall–Kier alpha value is -2.68. The molecule has 118 valence electrons. The van der Waals surface area contributed by atoms with Crippen molar-refractivity contribution in [3.05, 3.63) is 29.0 Å². The number of hydrogen-bond donors (Lipinski definition) is 2. The van der Waals surface area contributed by atoms with Gasteiger partial charge >= 0.3 is 5.97 Å². The molecule has 2 aromatic heterocycles. The Labute approximate surface area is 126 Å². The number of carbonyl (C=O) groups excluding carboxylic acids is 1. The smallest absolute Gasteiger partial charge is 0.342 e. The van der Waals surface area contributed by atoms with Crippen LogP contribution in [0.2, 0.25) is 0 Å². The highest BCUT2D eigenvalue weighted by molar-refractivity contribution is 5.90. The van der Waals surface area contributed by atoms with Gasteiger partial charge in [-0.2, -0.15) is 15.0 Å². The SMILES string of the molecule is Cc1oc(CO)cc1C(=O)OCc1nc(N)nc(N(C)C)n1. The molecule has 0 aromatic carbocycles. The van der Waals surface area contributed by atoms with Crippen LogP contribution in [0.3, 0.4) is 0 Å². The molecule has 0 unspecified atom stereocenters. The standard InChI is InChI=1S/C13H17N5O4/c1-7-9(4-8(5-19)22-7)11(20)21-6-10-15-12(14)17-13(16-10)18(2)3/h4,19H,5-6H2,1-3H3,(H2,14,15,16,17). The van der Waals surface area contributed by atoms with E-state index in [1.54, 1.807) is 25.9 Å². The van der Waals surface area contributed by atoms with E-state index in [9.17, 15) is 4.79 Å².